The molecule has 1 aliphatic rings. The molecule has 1 fully saturated rings. The van der Waals surface area contributed by atoms with Crippen molar-refractivity contribution in [3.05, 3.63) is 29.3 Å². The van der Waals surface area contributed by atoms with E-state index in [1.165, 1.54) is 13.2 Å². The van der Waals surface area contributed by atoms with E-state index in [1.54, 1.807) is 4.90 Å². The molecule has 0 unspecified atom stereocenters. The van der Waals surface area contributed by atoms with E-state index in [1.807, 2.05) is 0 Å². The SMILES string of the molecule is COc1cc([C@@H](CC(F)(F)F)N2CCNCC2)cc(C(F)(F)F)c1.Cl. The summed E-state index contributed by atoms with van der Waals surface area (Å²) < 4.78 is 82.8. The Morgan fingerprint density at radius 2 is 1.68 bits per heavy atom. The van der Waals surface area contributed by atoms with Gasteiger partial charge in [-0.3, -0.25) is 4.90 Å². The Hall–Kier alpha value is -1.19. The Kier molecular flexibility index (Phi) is 7.40. The average Bonchev–Trinajstić information content (AvgIpc) is 2.51. The topological polar surface area (TPSA) is 24.5 Å². The third-order valence-corrected chi connectivity index (χ3v) is 3.89. The molecule has 0 aliphatic carbocycles. The van der Waals surface area contributed by atoms with Crippen LogP contribution in [0.15, 0.2) is 18.2 Å². The summed E-state index contributed by atoms with van der Waals surface area (Å²) >= 11 is 0. The van der Waals surface area contributed by atoms with Crippen molar-refractivity contribution in [1.82, 2.24) is 10.2 Å². The van der Waals surface area contributed by atoms with Crippen molar-refractivity contribution in [3.8, 4) is 5.75 Å². The highest BCUT2D eigenvalue weighted by molar-refractivity contribution is 5.85. The normalized spacial score (nSPS) is 17.7. The van der Waals surface area contributed by atoms with E-state index in [9.17, 15) is 26.3 Å². The predicted octanol–water partition coefficient (Wildman–Crippen LogP) is 4.03. The van der Waals surface area contributed by atoms with E-state index < -0.39 is 30.4 Å². The summed E-state index contributed by atoms with van der Waals surface area (Å²) in [5.74, 6) is -0.109. The maximum Gasteiger partial charge on any atom is 0.416 e. The van der Waals surface area contributed by atoms with Gasteiger partial charge in [-0.25, -0.2) is 0 Å². The van der Waals surface area contributed by atoms with Crippen LogP contribution in [0, 0.1) is 0 Å². The van der Waals surface area contributed by atoms with E-state index in [2.05, 4.69) is 5.32 Å². The summed E-state index contributed by atoms with van der Waals surface area (Å²) in [6.45, 7) is 1.65. The Morgan fingerprint density at radius 1 is 1.08 bits per heavy atom. The molecule has 0 saturated carbocycles. The molecule has 0 aromatic heterocycles. The fraction of sp³-hybridized carbons (Fsp3) is 0.600. The number of benzene rings is 1. The summed E-state index contributed by atoms with van der Waals surface area (Å²) in [5, 5.41) is 3.01. The van der Waals surface area contributed by atoms with E-state index in [4.69, 9.17) is 4.74 Å². The number of hydrogen-bond acceptors (Lipinski definition) is 3. The van der Waals surface area contributed by atoms with Crippen LogP contribution >= 0.6 is 12.4 Å². The zero-order valence-electron chi connectivity index (χ0n) is 13.4. The van der Waals surface area contributed by atoms with Crippen LogP contribution in [0.3, 0.4) is 0 Å². The molecule has 1 aromatic carbocycles. The lowest BCUT2D eigenvalue weighted by Crippen LogP contribution is -2.46. The van der Waals surface area contributed by atoms with E-state index in [0.29, 0.717) is 26.2 Å². The van der Waals surface area contributed by atoms with Crippen molar-refractivity contribution < 1.29 is 31.1 Å². The highest BCUT2D eigenvalue weighted by Gasteiger charge is 2.38. The van der Waals surface area contributed by atoms with Crippen LogP contribution in [0.25, 0.3) is 0 Å². The van der Waals surface area contributed by atoms with Gasteiger partial charge in [-0.05, 0) is 23.8 Å². The minimum absolute atomic E-state index is 0. The number of ether oxygens (including phenoxy) is 1. The minimum atomic E-state index is -4.66. The Bertz CT molecular complexity index is 558. The van der Waals surface area contributed by atoms with Crippen LogP contribution in [-0.4, -0.2) is 44.4 Å². The van der Waals surface area contributed by atoms with Gasteiger partial charge in [0, 0.05) is 32.2 Å². The summed E-state index contributed by atoms with van der Waals surface area (Å²) in [5.41, 5.74) is -1.06. The number of halogens is 7. The molecule has 0 amide bonds. The van der Waals surface area contributed by atoms with Gasteiger partial charge in [-0.1, -0.05) is 0 Å². The van der Waals surface area contributed by atoms with Gasteiger partial charge < -0.3 is 10.1 Å². The number of rotatable bonds is 4. The van der Waals surface area contributed by atoms with Crippen molar-refractivity contribution in [2.45, 2.75) is 24.8 Å². The zero-order chi connectivity index (χ0) is 18.0. The van der Waals surface area contributed by atoms with E-state index in [-0.39, 0.29) is 23.7 Å². The van der Waals surface area contributed by atoms with Crippen LogP contribution in [0.2, 0.25) is 0 Å². The van der Waals surface area contributed by atoms with Gasteiger partial charge in [-0.2, -0.15) is 26.3 Å². The zero-order valence-corrected chi connectivity index (χ0v) is 14.2. The molecule has 1 aliphatic heterocycles. The molecule has 2 rings (SSSR count). The van der Waals surface area contributed by atoms with Crippen LogP contribution in [0.5, 0.6) is 5.75 Å². The van der Waals surface area contributed by atoms with Crippen LogP contribution in [-0.2, 0) is 6.18 Å². The highest BCUT2D eigenvalue weighted by atomic mass is 35.5. The maximum atomic E-state index is 13.0. The van der Waals surface area contributed by atoms with Crippen molar-refractivity contribution in [3.63, 3.8) is 0 Å². The number of nitrogens with zero attached hydrogens (tertiary/aromatic N) is 1. The van der Waals surface area contributed by atoms with Crippen molar-refractivity contribution in [2.75, 3.05) is 33.3 Å². The first-order valence-electron chi connectivity index (χ1n) is 7.38. The van der Waals surface area contributed by atoms with Gasteiger partial charge in [0.2, 0.25) is 0 Å². The molecule has 144 valence electrons. The molecule has 1 N–H and O–H groups in total. The first-order chi connectivity index (χ1) is 11.1. The maximum absolute atomic E-state index is 13.0. The van der Waals surface area contributed by atoms with Gasteiger partial charge in [-0.15, -0.1) is 12.4 Å². The first-order valence-corrected chi connectivity index (χ1v) is 7.38. The standard InChI is InChI=1S/C15H18F6N2O.ClH/c1-24-12-7-10(6-11(8-12)15(19,20)21)13(9-14(16,17)18)23-4-2-22-3-5-23;/h6-8,13,22H,2-5,9H2,1H3;1H/t13-;/m1./s1. The van der Waals surface area contributed by atoms with Crippen LogP contribution in [0.1, 0.15) is 23.6 Å². The fourth-order valence-corrected chi connectivity index (χ4v) is 2.77. The highest BCUT2D eigenvalue weighted by Crippen LogP contribution is 2.39. The lowest BCUT2D eigenvalue weighted by Gasteiger charge is -2.36. The second-order valence-electron chi connectivity index (χ2n) is 5.61. The van der Waals surface area contributed by atoms with Crippen molar-refractivity contribution in [1.29, 1.82) is 0 Å². The molecule has 10 heteroatoms. The van der Waals surface area contributed by atoms with Crippen LogP contribution in [0.4, 0.5) is 26.3 Å². The molecular formula is C15H19ClF6N2O. The average molecular weight is 393 g/mol. The number of nitrogens with one attached hydrogen (secondary N) is 1. The van der Waals surface area contributed by atoms with Gasteiger partial charge in [0.25, 0.3) is 0 Å². The summed E-state index contributed by atoms with van der Waals surface area (Å²) in [7, 11) is 1.18. The molecule has 25 heavy (non-hydrogen) atoms. The molecule has 3 nitrogen and oxygen atoms in total. The second-order valence-corrected chi connectivity index (χ2v) is 5.61. The fourth-order valence-electron chi connectivity index (χ4n) is 2.77. The largest absolute Gasteiger partial charge is 0.497 e. The van der Waals surface area contributed by atoms with Crippen molar-refractivity contribution in [2.24, 2.45) is 0 Å². The van der Waals surface area contributed by atoms with Gasteiger partial charge in [0.15, 0.2) is 0 Å². The minimum Gasteiger partial charge on any atom is -0.497 e. The Balaban J connectivity index is 0.00000312. The van der Waals surface area contributed by atoms with Crippen LogP contribution < -0.4 is 10.1 Å². The molecule has 1 heterocycles. The Morgan fingerprint density at radius 3 is 2.16 bits per heavy atom. The number of alkyl halides is 6. The molecule has 1 saturated heterocycles. The summed E-state index contributed by atoms with van der Waals surface area (Å²) in [4.78, 5) is 1.55. The van der Waals surface area contributed by atoms with E-state index >= 15 is 0 Å². The van der Waals surface area contributed by atoms with Crippen molar-refractivity contribution >= 4 is 12.4 Å². The molecule has 0 spiro atoms. The molecule has 1 atom stereocenters. The number of piperazine rings is 1. The monoisotopic (exact) mass is 392 g/mol. The third-order valence-electron chi connectivity index (χ3n) is 3.89. The summed E-state index contributed by atoms with van der Waals surface area (Å²) in [6.07, 6.45) is -10.4. The lowest BCUT2D eigenvalue weighted by molar-refractivity contribution is -0.148. The van der Waals surface area contributed by atoms with Gasteiger partial charge in [0.1, 0.15) is 5.75 Å². The van der Waals surface area contributed by atoms with Gasteiger partial charge in [0.05, 0.1) is 19.1 Å². The second kappa shape index (κ2) is 8.46. The number of methoxy groups -OCH3 is 1. The Labute approximate surface area is 147 Å². The molecule has 0 bridgehead atoms. The van der Waals surface area contributed by atoms with Gasteiger partial charge >= 0.3 is 12.4 Å². The smallest absolute Gasteiger partial charge is 0.416 e. The third kappa shape index (κ3) is 6.23. The quantitative estimate of drug-likeness (QED) is 0.783. The predicted molar refractivity (Wildman–Crippen MR) is 83.1 cm³/mol. The first kappa shape index (κ1) is 21.9. The molecule has 1 aromatic rings. The molecule has 0 radical (unpaired) electrons. The summed E-state index contributed by atoms with van der Waals surface area (Å²) in [6, 6.07) is 1.63. The van der Waals surface area contributed by atoms with E-state index in [0.717, 1.165) is 12.1 Å². The lowest BCUT2D eigenvalue weighted by atomic mass is 9.98. The number of hydrogen-bond donors (Lipinski definition) is 1. The molecular weight excluding hydrogens is 374 g/mol.